The van der Waals surface area contributed by atoms with Gasteiger partial charge < -0.3 is 9.15 Å². The number of fused-ring (bicyclic) bond motifs is 1. The molecule has 0 saturated heterocycles. The second-order valence-corrected chi connectivity index (χ2v) is 5.44. The van der Waals surface area contributed by atoms with Crippen LogP contribution in [0.1, 0.15) is 11.1 Å². The van der Waals surface area contributed by atoms with Gasteiger partial charge in [0.2, 0.25) is 11.6 Å². The van der Waals surface area contributed by atoms with Crippen LogP contribution in [-0.2, 0) is 6.61 Å². The van der Waals surface area contributed by atoms with Crippen molar-refractivity contribution < 1.29 is 9.15 Å². The van der Waals surface area contributed by atoms with Crippen molar-refractivity contribution in [1.82, 2.24) is 9.97 Å². The summed E-state index contributed by atoms with van der Waals surface area (Å²) in [6, 6.07) is 20.7. The van der Waals surface area contributed by atoms with Gasteiger partial charge in [0.05, 0.1) is 17.2 Å². The molecule has 0 fully saturated rings. The van der Waals surface area contributed by atoms with Crippen LogP contribution in [0.5, 0.6) is 5.75 Å². The van der Waals surface area contributed by atoms with Crippen molar-refractivity contribution >= 4 is 11.2 Å². The molecule has 120 valence electrons. The molecule has 0 bridgehead atoms. The van der Waals surface area contributed by atoms with Gasteiger partial charge in [-0.1, -0.05) is 24.3 Å². The number of rotatable bonds is 4. The quantitative estimate of drug-likeness (QED) is 0.557. The standard InChI is InChI=1S/C20H13N3O2/c21-12-14-5-3-6-15(11-14)13-24-18-9-2-1-7-16(18)19-23-17-8-4-10-22-20(17)25-19/h1-11H,13H2. The molecule has 0 spiro atoms. The molecule has 0 aliphatic carbocycles. The van der Waals surface area contributed by atoms with Crippen LogP contribution in [0.4, 0.5) is 0 Å². The normalized spacial score (nSPS) is 10.5. The third kappa shape index (κ3) is 3.06. The molecule has 0 atom stereocenters. The molecule has 0 aliphatic rings. The Morgan fingerprint density at radius 2 is 1.96 bits per heavy atom. The number of hydrogen-bond acceptors (Lipinski definition) is 5. The molecule has 4 aromatic rings. The summed E-state index contributed by atoms with van der Waals surface area (Å²) in [5, 5.41) is 8.99. The summed E-state index contributed by atoms with van der Waals surface area (Å²) in [5.74, 6) is 1.13. The maximum absolute atomic E-state index is 8.99. The van der Waals surface area contributed by atoms with Gasteiger partial charge in [-0.3, -0.25) is 0 Å². The van der Waals surface area contributed by atoms with Gasteiger partial charge >= 0.3 is 0 Å². The van der Waals surface area contributed by atoms with Crippen molar-refractivity contribution in [3.05, 3.63) is 78.0 Å². The predicted molar refractivity (Wildman–Crippen MR) is 92.7 cm³/mol. The Hall–Kier alpha value is -3.65. The Morgan fingerprint density at radius 3 is 2.84 bits per heavy atom. The monoisotopic (exact) mass is 327 g/mol. The highest BCUT2D eigenvalue weighted by atomic mass is 16.5. The molecule has 0 radical (unpaired) electrons. The molecular weight excluding hydrogens is 314 g/mol. The lowest BCUT2D eigenvalue weighted by Crippen LogP contribution is -1.97. The first kappa shape index (κ1) is 14.9. The number of benzene rings is 2. The van der Waals surface area contributed by atoms with Gasteiger partial charge in [0.15, 0.2) is 0 Å². The average molecular weight is 327 g/mol. The fraction of sp³-hybridized carbons (Fsp3) is 0.0500. The number of nitriles is 1. The van der Waals surface area contributed by atoms with Crippen LogP contribution in [0.2, 0.25) is 0 Å². The zero-order valence-electron chi connectivity index (χ0n) is 13.2. The molecule has 0 N–H and O–H groups in total. The van der Waals surface area contributed by atoms with Crippen molar-refractivity contribution in [2.24, 2.45) is 0 Å². The van der Waals surface area contributed by atoms with E-state index >= 15 is 0 Å². The molecule has 4 rings (SSSR count). The fourth-order valence-corrected chi connectivity index (χ4v) is 2.55. The van der Waals surface area contributed by atoms with Crippen LogP contribution in [0.25, 0.3) is 22.7 Å². The topological polar surface area (TPSA) is 71.9 Å². The number of hydrogen-bond donors (Lipinski definition) is 0. The summed E-state index contributed by atoms with van der Waals surface area (Å²) in [4.78, 5) is 8.64. The van der Waals surface area contributed by atoms with Gasteiger partial charge in [-0.2, -0.15) is 5.26 Å². The number of ether oxygens (including phenoxy) is 1. The van der Waals surface area contributed by atoms with Gasteiger partial charge in [-0.15, -0.1) is 0 Å². The molecule has 0 unspecified atom stereocenters. The molecule has 5 nitrogen and oxygen atoms in total. The summed E-state index contributed by atoms with van der Waals surface area (Å²) in [5.41, 5.74) is 3.49. The maximum atomic E-state index is 8.99. The maximum Gasteiger partial charge on any atom is 0.247 e. The lowest BCUT2D eigenvalue weighted by atomic mass is 10.1. The van der Waals surface area contributed by atoms with Crippen LogP contribution >= 0.6 is 0 Å². The van der Waals surface area contributed by atoms with E-state index in [1.165, 1.54) is 0 Å². The smallest absolute Gasteiger partial charge is 0.247 e. The van der Waals surface area contributed by atoms with Crippen molar-refractivity contribution in [2.45, 2.75) is 6.61 Å². The molecule has 0 aliphatic heterocycles. The van der Waals surface area contributed by atoms with Crippen LogP contribution in [0, 0.1) is 11.3 Å². The third-order valence-electron chi connectivity index (χ3n) is 3.73. The van der Waals surface area contributed by atoms with Crippen LogP contribution < -0.4 is 4.74 Å². The molecule has 2 aromatic heterocycles. The lowest BCUT2D eigenvalue weighted by molar-refractivity contribution is 0.306. The van der Waals surface area contributed by atoms with Gasteiger partial charge in [0, 0.05) is 6.20 Å². The highest BCUT2D eigenvalue weighted by Gasteiger charge is 2.13. The first-order valence-electron chi connectivity index (χ1n) is 7.76. The van der Waals surface area contributed by atoms with E-state index in [0.29, 0.717) is 35.0 Å². The van der Waals surface area contributed by atoms with Crippen molar-refractivity contribution in [3.8, 4) is 23.3 Å². The molecule has 0 saturated carbocycles. The number of para-hydroxylation sites is 1. The predicted octanol–water partition coefficient (Wildman–Crippen LogP) is 4.34. The summed E-state index contributed by atoms with van der Waals surface area (Å²) < 4.78 is 11.7. The Labute approximate surface area is 144 Å². The minimum atomic E-state index is 0.352. The van der Waals surface area contributed by atoms with Crippen molar-refractivity contribution in [2.75, 3.05) is 0 Å². The zero-order chi connectivity index (χ0) is 17.1. The van der Waals surface area contributed by atoms with Crippen LogP contribution in [0.15, 0.2) is 71.3 Å². The summed E-state index contributed by atoms with van der Waals surface area (Å²) in [6.45, 7) is 0.352. The highest BCUT2D eigenvalue weighted by Crippen LogP contribution is 2.31. The van der Waals surface area contributed by atoms with Crippen molar-refractivity contribution in [3.63, 3.8) is 0 Å². The molecular formula is C20H13N3O2. The Bertz CT molecular complexity index is 1050. The second-order valence-electron chi connectivity index (χ2n) is 5.44. The van der Waals surface area contributed by atoms with E-state index in [1.807, 2.05) is 54.6 Å². The first-order valence-corrected chi connectivity index (χ1v) is 7.76. The molecule has 2 aromatic carbocycles. The summed E-state index contributed by atoms with van der Waals surface area (Å²) >= 11 is 0. The fourth-order valence-electron chi connectivity index (χ4n) is 2.55. The van der Waals surface area contributed by atoms with E-state index in [-0.39, 0.29) is 0 Å². The van der Waals surface area contributed by atoms with E-state index in [1.54, 1.807) is 12.3 Å². The zero-order valence-corrected chi connectivity index (χ0v) is 13.2. The average Bonchev–Trinajstić information content (AvgIpc) is 3.11. The van der Waals surface area contributed by atoms with E-state index in [0.717, 1.165) is 11.1 Å². The summed E-state index contributed by atoms with van der Waals surface area (Å²) in [7, 11) is 0. The van der Waals surface area contributed by atoms with E-state index < -0.39 is 0 Å². The molecule has 0 amide bonds. The van der Waals surface area contributed by atoms with Gasteiger partial charge in [-0.05, 0) is 42.0 Å². The Balaban J connectivity index is 1.63. The SMILES string of the molecule is N#Cc1cccc(COc2ccccc2-c2nc3cccnc3o2)c1. The number of aromatic nitrogens is 2. The third-order valence-corrected chi connectivity index (χ3v) is 3.73. The number of pyridine rings is 1. The van der Waals surface area contributed by atoms with Crippen LogP contribution in [0.3, 0.4) is 0 Å². The van der Waals surface area contributed by atoms with Crippen molar-refractivity contribution in [1.29, 1.82) is 5.26 Å². The van der Waals surface area contributed by atoms with Crippen LogP contribution in [-0.4, -0.2) is 9.97 Å². The Morgan fingerprint density at radius 1 is 1.04 bits per heavy atom. The Kier molecular flexibility index (Phi) is 3.85. The highest BCUT2D eigenvalue weighted by molar-refractivity contribution is 5.74. The van der Waals surface area contributed by atoms with E-state index in [9.17, 15) is 0 Å². The summed E-state index contributed by atoms with van der Waals surface area (Å²) in [6.07, 6.45) is 1.67. The number of oxazole rings is 1. The van der Waals surface area contributed by atoms with Gasteiger partial charge in [-0.25, -0.2) is 9.97 Å². The molecule has 25 heavy (non-hydrogen) atoms. The number of nitrogens with zero attached hydrogens (tertiary/aromatic N) is 3. The molecule has 2 heterocycles. The lowest BCUT2D eigenvalue weighted by Gasteiger charge is -2.09. The minimum absolute atomic E-state index is 0.352. The van der Waals surface area contributed by atoms with E-state index in [2.05, 4.69) is 16.0 Å². The minimum Gasteiger partial charge on any atom is -0.488 e. The molecule has 5 heteroatoms. The van der Waals surface area contributed by atoms with Gasteiger partial charge in [0.1, 0.15) is 17.9 Å². The largest absolute Gasteiger partial charge is 0.488 e. The van der Waals surface area contributed by atoms with Gasteiger partial charge in [0.25, 0.3) is 0 Å². The second kappa shape index (κ2) is 6.46. The first-order chi connectivity index (χ1) is 12.3. The van der Waals surface area contributed by atoms with E-state index in [4.69, 9.17) is 14.4 Å².